The Morgan fingerprint density at radius 2 is 1.73 bits per heavy atom. The number of carbonyl (C=O) groups is 2. The molecule has 0 aliphatic carbocycles. The number of furan rings is 1. The Balaban J connectivity index is 1.23. The molecule has 2 aromatic rings. The molecule has 1 aromatic carbocycles. The molecule has 0 atom stereocenters. The van der Waals surface area contributed by atoms with Crippen molar-refractivity contribution in [2.45, 2.75) is 30.6 Å². The van der Waals surface area contributed by atoms with Gasteiger partial charge in [0.1, 0.15) is 5.76 Å². The summed E-state index contributed by atoms with van der Waals surface area (Å²) in [6.07, 6.45) is 8.14. The maximum absolute atomic E-state index is 12.6. The van der Waals surface area contributed by atoms with Crippen LogP contribution in [0.1, 0.15) is 41.8 Å². The summed E-state index contributed by atoms with van der Waals surface area (Å²) >= 11 is 0. The summed E-state index contributed by atoms with van der Waals surface area (Å²) in [4.78, 5) is 26.9. The third kappa shape index (κ3) is 5.72. The van der Waals surface area contributed by atoms with Crippen LogP contribution >= 0.6 is 0 Å². The first-order chi connectivity index (χ1) is 15.9. The molecule has 2 aliphatic rings. The van der Waals surface area contributed by atoms with Gasteiger partial charge in [0.15, 0.2) is 0 Å². The predicted molar refractivity (Wildman–Crippen MR) is 124 cm³/mol. The lowest BCUT2D eigenvalue weighted by Gasteiger charge is -2.31. The highest BCUT2D eigenvalue weighted by molar-refractivity contribution is 7.89. The van der Waals surface area contributed by atoms with Crippen LogP contribution < -0.4 is 5.32 Å². The normalized spacial score (nSPS) is 18.1. The monoisotopic (exact) mass is 471 g/mol. The van der Waals surface area contributed by atoms with Crippen molar-refractivity contribution in [3.8, 4) is 0 Å². The van der Waals surface area contributed by atoms with Gasteiger partial charge in [-0.25, -0.2) is 8.42 Å². The number of carbonyl (C=O) groups excluding carboxylic acids is 2. The van der Waals surface area contributed by atoms with Crippen molar-refractivity contribution in [2.24, 2.45) is 5.92 Å². The topological polar surface area (TPSA) is 99.9 Å². The van der Waals surface area contributed by atoms with Crippen molar-refractivity contribution in [3.63, 3.8) is 0 Å². The van der Waals surface area contributed by atoms with Crippen molar-refractivity contribution >= 4 is 27.9 Å². The Morgan fingerprint density at radius 1 is 1.03 bits per heavy atom. The van der Waals surface area contributed by atoms with E-state index in [-0.39, 0.29) is 16.7 Å². The van der Waals surface area contributed by atoms with Crippen molar-refractivity contribution in [3.05, 3.63) is 60.1 Å². The summed E-state index contributed by atoms with van der Waals surface area (Å²) in [5.41, 5.74) is 0.436. The number of nitrogens with one attached hydrogen (secondary N) is 1. The molecule has 0 unspecified atom stereocenters. The molecule has 2 amide bonds. The van der Waals surface area contributed by atoms with Crippen molar-refractivity contribution in [1.82, 2.24) is 14.5 Å². The third-order valence-electron chi connectivity index (χ3n) is 6.23. The van der Waals surface area contributed by atoms with Gasteiger partial charge in [0.25, 0.3) is 5.91 Å². The number of sulfonamides is 1. The van der Waals surface area contributed by atoms with Gasteiger partial charge in [-0.05, 0) is 74.1 Å². The van der Waals surface area contributed by atoms with E-state index >= 15 is 0 Å². The van der Waals surface area contributed by atoms with Gasteiger partial charge >= 0.3 is 0 Å². The van der Waals surface area contributed by atoms with E-state index in [4.69, 9.17) is 4.42 Å². The molecule has 1 aromatic heterocycles. The fourth-order valence-corrected chi connectivity index (χ4v) is 5.71. The molecular formula is C24H29N3O5S. The highest BCUT2D eigenvalue weighted by Crippen LogP contribution is 2.21. The zero-order valence-corrected chi connectivity index (χ0v) is 19.3. The zero-order chi connectivity index (χ0) is 23.3. The second-order valence-corrected chi connectivity index (χ2v) is 10.4. The molecule has 0 saturated carbocycles. The van der Waals surface area contributed by atoms with Crippen molar-refractivity contribution in [1.29, 1.82) is 0 Å². The minimum Gasteiger partial charge on any atom is -0.465 e. The molecule has 8 nitrogen and oxygen atoms in total. The molecule has 33 heavy (non-hydrogen) atoms. The average molecular weight is 472 g/mol. The van der Waals surface area contributed by atoms with Crippen LogP contribution in [0.15, 0.2) is 58.1 Å². The van der Waals surface area contributed by atoms with E-state index in [0.717, 1.165) is 25.7 Å². The maximum Gasteiger partial charge on any atom is 0.251 e. The molecule has 1 N–H and O–H groups in total. The second-order valence-electron chi connectivity index (χ2n) is 8.46. The van der Waals surface area contributed by atoms with Crippen LogP contribution in [0.25, 0.3) is 6.08 Å². The van der Waals surface area contributed by atoms with Crippen molar-refractivity contribution in [2.75, 3.05) is 32.7 Å². The zero-order valence-electron chi connectivity index (χ0n) is 18.5. The number of amides is 2. The van der Waals surface area contributed by atoms with Gasteiger partial charge in [0.05, 0.1) is 11.2 Å². The van der Waals surface area contributed by atoms with E-state index in [1.54, 1.807) is 41.5 Å². The molecule has 4 rings (SSSR count). The van der Waals surface area contributed by atoms with E-state index in [1.807, 2.05) is 0 Å². The molecule has 2 saturated heterocycles. The fourth-order valence-electron chi connectivity index (χ4n) is 4.20. The maximum atomic E-state index is 12.6. The summed E-state index contributed by atoms with van der Waals surface area (Å²) in [7, 11) is -3.48. The van der Waals surface area contributed by atoms with Crippen LogP contribution in [0.2, 0.25) is 0 Å². The number of rotatable bonds is 7. The first kappa shape index (κ1) is 23.3. The Kier molecular flexibility index (Phi) is 7.29. The Morgan fingerprint density at radius 3 is 2.36 bits per heavy atom. The van der Waals surface area contributed by atoms with Gasteiger partial charge in [-0.2, -0.15) is 4.31 Å². The summed E-state index contributed by atoms with van der Waals surface area (Å²) < 4.78 is 31.9. The van der Waals surface area contributed by atoms with E-state index < -0.39 is 10.0 Å². The van der Waals surface area contributed by atoms with Crippen LogP contribution in [-0.2, 0) is 14.8 Å². The Bertz CT molecular complexity index is 1080. The molecule has 0 radical (unpaired) electrons. The molecular weight excluding hydrogens is 442 g/mol. The van der Waals surface area contributed by atoms with Crippen LogP contribution in [0.4, 0.5) is 0 Å². The second kappa shape index (κ2) is 10.4. The smallest absolute Gasteiger partial charge is 0.251 e. The molecule has 176 valence electrons. The first-order valence-corrected chi connectivity index (χ1v) is 12.8. The van der Waals surface area contributed by atoms with Gasteiger partial charge in [-0.3, -0.25) is 9.59 Å². The minimum atomic E-state index is -3.48. The standard InChI is InChI=1S/C24H29N3O5S/c28-23(10-7-21-4-3-17-32-21)26-15-11-19(12-16-26)18-25-24(29)20-5-8-22(9-6-20)33(30,31)27-13-1-2-14-27/h3-10,17,19H,1-2,11-16,18H2,(H,25,29)/b10-7+. The minimum absolute atomic E-state index is 0.0436. The van der Waals surface area contributed by atoms with Gasteiger partial charge in [0, 0.05) is 44.4 Å². The van der Waals surface area contributed by atoms with E-state index in [0.29, 0.717) is 50.0 Å². The lowest BCUT2D eigenvalue weighted by atomic mass is 9.96. The SMILES string of the molecule is O=C(NCC1CCN(C(=O)/C=C/c2ccco2)CC1)c1ccc(S(=O)(=O)N2CCCC2)cc1. The lowest BCUT2D eigenvalue weighted by molar-refractivity contribution is -0.127. The molecule has 2 aliphatic heterocycles. The Hall–Kier alpha value is -2.91. The van der Waals surface area contributed by atoms with Crippen LogP contribution in [0, 0.1) is 5.92 Å². The quantitative estimate of drug-likeness (QED) is 0.626. The Labute approximate surface area is 194 Å². The highest BCUT2D eigenvalue weighted by Gasteiger charge is 2.27. The van der Waals surface area contributed by atoms with Gasteiger partial charge < -0.3 is 14.6 Å². The molecule has 2 fully saturated rings. The number of hydrogen-bond donors (Lipinski definition) is 1. The third-order valence-corrected chi connectivity index (χ3v) is 8.14. The number of likely N-dealkylation sites (tertiary alicyclic amines) is 1. The van der Waals surface area contributed by atoms with E-state index in [9.17, 15) is 18.0 Å². The molecule has 0 spiro atoms. The molecule has 3 heterocycles. The molecule has 9 heteroatoms. The summed E-state index contributed by atoms with van der Waals surface area (Å²) in [6, 6.07) is 9.69. The molecule has 0 bridgehead atoms. The van der Waals surface area contributed by atoms with E-state index in [2.05, 4.69) is 5.32 Å². The number of piperidine rings is 1. The largest absolute Gasteiger partial charge is 0.465 e. The highest BCUT2D eigenvalue weighted by atomic mass is 32.2. The predicted octanol–water partition coefficient (Wildman–Crippen LogP) is 2.75. The summed E-state index contributed by atoms with van der Waals surface area (Å²) in [5, 5.41) is 2.94. The van der Waals surface area contributed by atoms with Gasteiger partial charge in [0.2, 0.25) is 15.9 Å². The average Bonchev–Trinajstić information content (AvgIpc) is 3.56. The van der Waals surface area contributed by atoms with Crippen LogP contribution in [0.5, 0.6) is 0 Å². The number of benzene rings is 1. The fraction of sp³-hybridized carbons (Fsp3) is 0.417. The van der Waals surface area contributed by atoms with Gasteiger partial charge in [-0.15, -0.1) is 0 Å². The lowest BCUT2D eigenvalue weighted by Crippen LogP contribution is -2.41. The first-order valence-electron chi connectivity index (χ1n) is 11.3. The number of nitrogens with zero attached hydrogens (tertiary/aromatic N) is 2. The van der Waals surface area contributed by atoms with Crippen molar-refractivity contribution < 1.29 is 22.4 Å². The van der Waals surface area contributed by atoms with Crippen LogP contribution in [-0.4, -0.2) is 62.2 Å². The van der Waals surface area contributed by atoms with Crippen LogP contribution in [0.3, 0.4) is 0 Å². The number of hydrogen-bond acceptors (Lipinski definition) is 5. The van der Waals surface area contributed by atoms with Gasteiger partial charge in [-0.1, -0.05) is 0 Å². The summed E-state index contributed by atoms with van der Waals surface area (Å²) in [6.45, 7) is 2.91. The summed E-state index contributed by atoms with van der Waals surface area (Å²) in [5.74, 6) is 0.669. The van der Waals surface area contributed by atoms with E-state index in [1.165, 1.54) is 22.5 Å².